The Morgan fingerprint density at radius 3 is 2.18 bits per heavy atom. The molecule has 1 aromatic heterocycles. The number of anilines is 1. The van der Waals surface area contributed by atoms with Crippen LogP contribution in [0.2, 0.25) is 5.02 Å². The van der Waals surface area contributed by atoms with Crippen molar-refractivity contribution in [3.05, 3.63) is 116 Å². The predicted octanol–water partition coefficient (Wildman–Crippen LogP) is 6.64. The van der Waals surface area contributed by atoms with E-state index in [1.165, 1.54) is 6.07 Å². The molecule has 0 bridgehead atoms. The lowest BCUT2D eigenvalue weighted by Gasteiger charge is -2.21. The third kappa shape index (κ3) is 4.48. The maximum atomic E-state index is 13.6. The fourth-order valence-electron chi connectivity index (χ4n) is 4.15. The van der Waals surface area contributed by atoms with Gasteiger partial charge in [-0.15, -0.1) is 0 Å². The molecule has 5 heteroatoms. The topological polar surface area (TPSA) is 51.1 Å². The fraction of sp³-hybridized carbons (Fsp3) is 0.143. The summed E-state index contributed by atoms with van der Waals surface area (Å²) in [6.07, 6.45) is 0. The third-order valence-corrected chi connectivity index (χ3v) is 5.94. The van der Waals surface area contributed by atoms with Crippen LogP contribution in [0, 0.1) is 27.7 Å². The number of hydrogen-bond donors (Lipinski definition) is 1. The number of benzene rings is 3. The molecule has 4 rings (SSSR count). The minimum absolute atomic E-state index is 0.0759. The molecule has 0 aliphatic heterocycles. The van der Waals surface area contributed by atoms with Crippen molar-refractivity contribution in [1.82, 2.24) is 4.57 Å². The Bertz CT molecular complexity index is 1420. The maximum Gasteiger partial charge on any atom is 0.261 e. The van der Waals surface area contributed by atoms with Crippen LogP contribution in [0.15, 0.2) is 77.6 Å². The highest BCUT2D eigenvalue weighted by molar-refractivity contribution is 6.30. The van der Waals surface area contributed by atoms with Gasteiger partial charge < -0.3 is 9.88 Å². The van der Waals surface area contributed by atoms with Crippen LogP contribution in [0.25, 0.3) is 16.9 Å². The van der Waals surface area contributed by atoms with Crippen molar-refractivity contribution in [2.45, 2.75) is 27.7 Å². The molecule has 0 saturated heterocycles. The van der Waals surface area contributed by atoms with E-state index in [9.17, 15) is 9.59 Å². The minimum Gasteiger partial charge on any atom is -0.321 e. The van der Waals surface area contributed by atoms with Crippen molar-refractivity contribution in [2.24, 2.45) is 0 Å². The van der Waals surface area contributed by atoms with E-state index < -0.39 is 5.91 Å². The van der Waals surface area contributed by atoms with E-state index in [0.717, 1.165) is 28.1 Å². The standard InChI is InChI=1S/C28H25ClN2O2/c1-17-8-5-13-23(14-17)31-20(4)15-24(32)25(27(31)21-11-7-12-22(29)16-21)28(33)30-26-18(2)9-6-10-19(26)3/h5-16H,1-4H3,(H,30,33). The average molecular weight is 457 g/mol. The Labute approximate surface area is 198 Å². The Hall–Kier alpha value is -3.63. The van der Waals surface area contributed by atoms with E-state index in [0.29, 0.717) is 22.0 Å². The van der Waals surface area contributed by atoms with Crippen molar-refractivity contribution in [3.8, 4) is 16.9 Å². The number of rotatable bonds is 4. The summed E-state index contributed by atoms with van der Waals surface area (Å²) in [5, 5.41) is 3.51. The number of aromatic nitrogens is 1. The number of para-hydroxylation sites is 1. The molecular formula is C28H25ClN2O2. The Balaban J connectivity index is 2.02. The summed E-state index contributed by atoms with van der Waals surface area (Å²) in [7, 11) is 0. The van der Waals surface area contributed by atoms with Gasteiger partial charge in [0, 0.05) is 33.7 Å². The van der Waals surface area contributed by atoms with Gasteiger partial charge in [0.25, 0.3) is 5.91 Å². The lowest BCUT2D eigenvalue weighted by atomic mass is 10.0. The molecule has 33 heavy (non-hydrogen) atoms. The van der Waals surface area contributed by atoms with E-state index in [2.05, 4.69) is 5.32 Å². The molecule has 1 heterocycles. The molecule has 0 aliphatic rings. The maximum absolute atomic E-state index is 13.6. The van der Waals surface area contributed by atoms with Gasteiger partial charge in [-0.3, -0.25) is 9.59 Å². The van der Waals surface area contributed by atoms with Crippen LogP contribution in [0.4, 0.5) is 5.69 Å². The highest BCUT2D eigenvalue weighted by Crippen LogP contribution is 2.30. The summed E-state index contributed by atoms with van der Waals surface area (Å²) in [6, 6.07) is 22.5. The van der Waals surface area contributed by atoms with E-state index in [-0.39, 0.29) is 11.0 Å². The predicted molar refractivity (Wildman–Crippen MR) is 136 cm³/mol. The number of halogens is 1. The highest BCUT2D eigenvalue weighted by atomic mass is 35.5. The quantitative estimate of drug-likeness (QED) is 0.374. The average Bonchev–Trinajstić information content (AvgIpc) is 2.75. The molecule has 3 aromatic carbocycles. The van der Waals surface area contributed by atoms with Crippen molar-refractivity contribution in [2.75, 3.05) is 5.32 Å². The molecule has 0 radical (unpaired) electrons. The number of carbonyl (C=O) groups is 1. The molecule has 4 nitrogen and oxygen atoms in total. The van der Waals surface area contributed by atoms with Gasteiger partial charge in [-0.2, -0.15) is 0 Å². The third-order valence-electron chi connectivity index (χ3n) is 5.70. The summed E-state index contributed by atoms with van der Waals surface area (Å²) in [4.78, 5) is 26.9. The summed E-state index contributed by atoms with van der Waals surface area (Å²) < 4.78 is 1.94. The lowest BCUT2D eigenvalue weighted by Crippen LogP contribution is -2.26. The van der Waals surface area contributed by atoms with Gasteiger partial charge >= 0.3 is 0 Å². The van der Waals surface area contributed by atoms with Gasteiger partial charge in [-0.25, -0.2) is 0 Å². The molecule has 0 fully saturated rings. The van der Waals surface area contributed by atoms with Crippen LogP contribution in [-0.4, -0.2) is 10.5 Å². The molecule has 0 spiro atoms. The van der Waals surface area contributed by atoms with Gasteiger partial charge in [0.2, 0.25) is 0 Å². The van der Waals surface area contributed by atoms with Crippen molar-refractivity contribution < 1.29 is 4.79 Å². The second kappa shape index (κ2) is 9.08. The second-order valence-corrected chi connectivity index (χ2v) is 8.72. The summed E-state index contributed by atoms with van der Waals surface area (Å²) in [5.41, 5.74) is 6.17. The lowest BCUT2D eigenvalue weighted by molar-refractivity contribution is 0.102. The largest absolute Gasteiger partial charge is 0.321 e. The molecule has 0 aliphatic carbocycles. The molecule has 1 amide bonds. The van der Waals surface area contributed by atoms with Crippen LogP contribution < -0.4 is 10.7 Å². The zero-order chi connectivity index (χ0) is 23.7. The second-order valence-electron chi connectivity index (χ2n) is 8.28. The molecule has 1 N–H and O–H groups in total. The van der Waals surface area contributed by atoms with Crippen LogP contribution in [0.5, 0.6) is 0 Å². The van der Waals surface area contributed by atoms with E-state index in [1.54, 1.807) is 12.1 Å². The highest BCUT2D eigenvalue weighted by Gasteiger charge is 2.23. The smallest absolute Gasteiger partial charge is 0.261 e. The number of nitrogens with zero attached hydrogens (tertiary/aromatic N) is 1. The zero-order valence-electron chi connectivity index (χ0n) is 19.1. The number of pyridine rings is 1. The van der Waals surface area contributed by atoms with Crippen molar-refractivity contribution >= 4 is 23.2 Å². The molecule has 0 saturated carbocycles. The first kappa shape index (κ1) is 22.6. The molecule has 0 atom stereocenters. The first-order valence-corrected chi connectivity index (χ1v) is 11.1. The Morgan fingerprint density at radius 2 is 1.52 bits per heavy atom. The summed E-state index contributed by atoms with van der Waals surface area (Å²) in [5.74, 6) is -0.450. The number of nitrogens with one attached hydrogen (secondary N) is 1. The number of hydrogen-bond acceptors (Lipinski definition) is 2. The Morgan fingerprint density at radius 1 is 0.848 bits per heavy atom. The van der Waals surface area contributed by atoms with Gasteiger partial charge in [0.15, 0.2) is 5.43 Å². The monoisotopic (exact) mass is 456 g/mol. The van der Waals surface area contributed by atoms with Crippen LogP contribution >= 0.6 is 11.6 Å². The van der Waals surface area contributed by atoms with Crippen molar-refractivity contribution in [1.29, 1.82) is 0 Å². The van der Waals surface area contributed by atoms with Crippen LogP contribution in [-0.2, 0) is 0 Å². The fourth-order valence-corrected chi connectivity index (χ4v) is 4.34. The molecule has 0 unspecified atom stereocenters. The number of carbonyl (C=O) groups excluding carboxylic acids is 1. The minimum atomic E-state index is -0.450. The Kier molecular flexibility index (Phi) is 6.21. The number of aryl methyl sites for hydroxylation is 4. The molecule has 4 aromatic rings. The zero-order valence-corrected chi connectivity index (χ0v) is 19.8. The van der Waals surface area contributed by atoms with Crippen molar-refractivity contribution in [3.63, 3.8) is 0 Å². The van der Waals surface area contributed by atoms with Crippen LogP contribution in [0.1, 0.15) is 32.7 Å². The molecule has 166 valence electrons. The van der Waals surface area contributed by atoms with Gasteiger partial charge in [0.05, 0.1) is 5.69 Å². The SMILES string of the molecule is Cc1cccc(-n2c(C)cc(=O)c(C(=O)Nc3c(C)cccc3C)c2-c2cccc(Cl)c2)c1. The van der Waals surface area contributed by atoms with Gasteiger partial charge in [-0.1, -0.05) is 54.1 Å². The number of amides is 1. The van der Waals surface area contributed by atoms with Gasteiger partial charge in [-0.05, 0) is 68.7 Å². The van der Waals surface area contributed by atoms with Gasteiger partial charge in [0.1, 0.15) is 5.56 Å². The normalized spacial score (nSPS) is 10.8. The summed E-state index contributed by atoms with van der Waals surface area (Å²) >= 11 is 6.31. The summed E-state index contributed by atoms with van der Waals surface area (Å²) in [6.45, 7) is 7.74. The first-order valence-electron chi connectivity index (χ1n) is 10.7. The van der Waals surface area contributed by atoms with Crippen LogP contribution in [0.3, 0.4) is 0 Å². The van der Waals surface area contributed by atoms with E-state index in [1.807, 2.05) is 86.9 Å². The van der Waals surface area contributed by atoms with E-state index in [4.69, 9.17) is 11.6 Å². The molecular weight excluding hydrogens is 432 g/mol. The van der Waals surface area contributed by atoms with E-state index >= 15 is 0 Å². The first-order chi connectivity index (χ1) is 15.8.